The molecule has 1 heterocycles. The number of aryl methyl sites for hydroxylation is 2. The van der Waals surface area contributed by atoms with E-state index in [0.717, 1.165) is 15.7 Å². The molecular formula is C12H12BrN3O2. The maximum atomic E-state index is 10.9. The molecule has 1 aromatic carbocycles. The summed E-state index contributed by atoms with van der Waals surface area (Å²) in [5, 5.41) is 12.9. The normalized spacial score (nSPS) is 10.6. The average Bonchev–Trinajstić information content (AvgIpc) is 2.71. The predicted molar refractivity (Wildman–Crippen MR) is 70.1 cm³/mol. The summed E-state index contributed by atoms with van der Waals surface area (Å²) in [7, 11) is 0. The summed E-state index contributed by atoms with van der Waals surface area (Å²) < 4.78 is 2.49. The first-order valence-electron chi connectivity index (χ1n) is 5.48. The Morgan fingerprint density at radius 2 is 2.17 bits per heavy atom. The van der Waals surface area contributed by atoms with E-state index < -0.39 is 5.97 Å². The summed E-state index contributed by atoms with van der Waals surface area (Å²) in [6.45, 7) is 3.88. The number of aromatic carboxylic acids is 1. The van der Waals surface area contributed by atoms with Crippen molar-refractivity contribution in [2.24, 2.45) is 0 Å². The number of hydrogen-bond donors (Lipinski definition) is 1. The van der Waals surface area contributed by atoms with Crippen molar-refractivity contribution >= 4 is 21.9 Å². The van der Waals surface area contributed by atoms with Crippen molar-refractivity contribution in [3.63, 3.8) is 0 Å². The molecule has 0 unspecified atom stereocenters. The summed E-state index contributed by atoms with van der Waals surface area (Å²) in [5.41, 5.74) is 1.87. The number of carbonyl (C=O) groups is 1. The van der Waals surface area contributed by atoms with Crippen molar-refractivity contribution < 1.29 is 9.90 Å². The molecule has 94 valence electrons. The zero-order chi connectivity index (χ0) is 13.3. The molecule has 0 radical (unpaired) electrons. The van der Waals surface area contributed by atoms with E-state index in [1.807, 2.05) is 32.0 Å². The fourth-order valence-electron chi connectivity index (χ4n) is 1.71. The van der Waals surface area contributed by atoms with Gasteiger partial charge in [-0.3, -0.25) is 0 Å². The fraction of sp³-hybridized carbons (Fsp3) is 0.250. The van der Waals surface area contributed by atoms with E-state index in [1.54, 1.807) is 4.68 Å². The van der Waals surface area contributed by atoms with Crippen LogP contribution >= 0.6 is 15.9 Å². The number of benzene rings is 1. The van der Waals surface area contributed by atoms with Gasteiger partial charge < -0.3 is 5.11 Å². The molecule has 0 aliphatic heterocycles. The van der Waals surface area contributed by atoms with Crippen LogP contribution in [0.2, 0.25) is 0 Å². The lowest BCUT2D eigenvalue weighted by Gasteiger charge is -2.06. The second-order valence-electron chi connectivity index (χ2n) is 3.91. The summed E-state index contributed by atoms with van der Waals surface area (Å²) in [6, 6.07) is 5.79. The van der Waals surface area contributed by atoms with Crippen LogP contribution < -0.4 is 0 Å². The van der Waals surface area contributed by atoms with Crippen LogP contribution in [0.1, 0.15) is 28.9 Å². The van der Waals surface area contributed by atoms with Gasteiger partial charge in [-0.1, -0.05) is 22.9 Å². The van der Waals surface area contributed by atoms with Gasteiger partial charge in [0.25, 0.3) is 5.82 Å². The van der Waals surface area contributed by atoms with Gasteiger partial charge in [0.05, 0.1) is 5.69 Å². The van der Waals surface area contributed by atoms with Gasteiger partial charge in [-0.15, -0.1) is 5.10 Å². The first-order valence-corrected chi connectivity index (χ1v) is 6.27. The summed E-state index contributed by atoms with van der Waals surface area (Å²) in [5.74, 6) is -0.662. The van der Waals surface area contributed by atoms with Crippen LogP contribution in [-0.4, -0.2) is 25.8 Å². The van der Waals surface area contributed by atoms with Crippen LogP contribution in [0.25, 0.3) is 5.69 Å². The number of carboxylic acids is 1. The third-order valence-corrected chi connectivity index (χ3v) is 2.91. The highest BCUT2D eigenvalue weighted by Gasteiger charge is 2.15. The molecule has 18 heavy (non-hydrogen) atoms. The van der Waals surface area contributed by atoms with E-state index in [9.17, 15) is 4.79 Å². The van der Waals surface area contributed by atoms with Gasteiger partial charge >= 0.3 is 5.97 Å². The largest absolute Gasteiger partial charge is 0.475 e. The van der Waals surface area contributed by atoms with Gasteiger partial charge in [-0.25, -0.2) is 14.5 Å². The zero-order valence-corrected chi connectivity index (χ0v) is 11.6. The molecule has 0 amide bonds. The van der Waals surface area contributed by atoms with Crippen molar-refractivity contribution in [1.29, 1.82) is 0 Å². The Balaban J connectivity index is 2.58. The van der Waals surface area contributed by atoms with Crippen LogP contribution in [0.15, 0.2) is 22.7 Å². The smallest absolute Gasteiger partial charge is 0.375 e. The molecule has 1 aromatic heterocycles. The lowest BCUT2D eigenvalue weighted by molar-refractivity contribution is 0.0683. The Morgan fingerprint density at radius 3 is 2.72 bits per heavy atom. The molecule has 0 bridgehead atoms. The molecule has 0 aliphatic carbocycles. The van der Waals surface area contributed by atoms with E-state index >= 15 is 0 Å². The number of halogens is 1. The molecular weight excluding hydrogens is 298 g/mol. The Kier molecular flexibility index (Phi) is 3.47. The molecule has 0 saturated carbocycles. The third-order valence-electron chi connectivity index (χ3n) is 2.45. The number of nitrogens with zero attached hydrogens (tertiary/aromatic N) is 3. The summed E-state index contributed by atoms with van der Waals surface area (Å²) in [6.07, 6.45) is 0.617. The standard InChI is InChI=1S/C12H12BrN3O2/c1-3-10-14-11(12(17)18)15-16(10)9-5-7(2)4-8(13)6-9/h4-6H,3H2,1-2H3,(H,17,18). The Hall–Kier alpha value is -1.69. The minimum absolute atomic E-state index is 0.176. The first kappa shape index (κ1) is 12.8. The molecule has 0 saturated heterocycles. The molecule has 0 aliphatic rings. The second kappa shape index (κ2) is 4.89. The lowest BCUT2D eigenvalue weighted by Crippen LogP contribution is -2.03. The highest BCUT2D eigenvalue weighted by molar-refractivity contribution is 9.10. The topological polar surface area (TPSA) is 68.0 Å². The summed E-state index contributed by atoms with van der Waals surface area (Å²) >= 11 is 3.41. The van der Waals surface area contributed by atoms with E-state index in [-0.39, 0.29) is 5.82 Å². The monoisotopic (exact) mass is 309 g/mol. The highest BCUT2D eigenvalue weighted by atomic mass is 79.9. The zero-order valence-electron chi connectivity index (χ0n) is 10.0. The number of aromatic nitrogens is 3. The minimum atomic E-state index is -1.12. The highest BCUT2D eigenvalue weighted by Crippen LogP contribution is 2.19. The van der Waals surface area contributed by atoms with Crippen molar-refractivity contribution in [3.05, 3.63) is 39.9 Å². The fourth-order valence-corrected chi connectivity index (χ4v) is 2.31. The van der Waals surface area contributed by atoms with Gasteiger partial charge in [0.1, 0.15) is 5.82 Å². The Labute approximate surface area is 113 Å². The SMILES string of the molecule is CCc1nc(C(=O)O)nn1-c1cc(C)cc(Br)c1. The van der Waals surface area contributed by atoms with Gasteiger partial charge in [0, 0.05) is 10.9 Å². The maximum absolute atomic E-state index is 10.9. The van der Waals surface area contributed by atoms with Crippen LogP contribution in [0.5, 0.6) is 0 Å². The van der Waals surface area contributed by atoms with Crippen LogP contribution in [0, 0.1) is 6.92 Å². The molecule has 0 fully saturated rings. The quantitative estimate of drug-likeness (QED) is 0.946. The minimum Gasteiger partial charge on any atom is -0.475 e. The molecule has 2 aromatic rings. The van der Waals surface area contributed by atoms with Crippen LogP contribution in [0.3, 0.4) is 0 Å². The third kappa shape index (κ3) is 2.43. The maximum Gasteiger partial charge on any atom is 0.375 e. The summed E-state index contributed by atoms with van der Waals surface area (Å²) in [4.78, 5) is 14.9. The van der Waals surface area contributed by atoms with E-state index in [4.69, 9.17) is 5.11 Å². The van der Waals surface area contributed by atoms with E-state index in [0.29, 0.717) is 12.2 Å². The van der Waals surface area contributed by atoms with Crippen molar-refractivity contribution in [2.75, 3.05) is 0 Å². The number of rotatable bonds is 3. The molecule has 0 atom stereocenters. The molecule has 6 heteroatoms. The van der Waals surface area contributed by atoms with E-state index in [1.165, 1.54) is 0 Å². The lowest BCUT2D eigenvalue weighted by atomic mass is 10.2. The predicted octanol–water partition coefficient (Wildman–Crippen LogP) is 2.60. The van der Waals surface area contributed by atoms with Gasteiger partial charge in [0.2, 0.25) is 0 Å². The molecule has 0 spiro atoms. The Morgan fingerprint density at radius 1 is 1.44 bits per heavy atom. The average molecular weight is 310 g/mol. The number of carboxylic acid groups (broad SMARTS) is 1. The molecule has 1 N–H and O–H groups in total. The van der Waals surface area contributed by atoms with Gasteiger partial charge in [-0.05, 0) is 30.7 Å². The number of hydrogen-bond acceptors (Lipinski definition) is 3. The Bertz CT molecular complexity index is 587. The molecule has 5 nitrogen and oxygen atoms in total. The van der Waals surface area contributed by atoms with E-state index in [2.05, 4.69) is 26.0 Å². The van der Waals surface area contributed by atoms with Crippen molar-refractivity contribution in [1.82, 2.24) is 14.8 Å². The second-order valence-corrected chi connectivity index (χ2v) is 4.82. The van der Waals surface area contributed by atoms with Crippen LogP contribution in [0.4, 0.5) is 0 Å². The first-order chi connectivity index (χ1) is 8.51. The van der Waals surface area contributed by atoms with Crippen LogP contribution in [-0.2, 0) is 6.42 Å². The van der Waals surface area contributed by atoms with Crippen molar-refractivity contribution in [2.45, 2.75) is 20.3 Å². The van der Waals surface area contributed by atoms with Gasteiger partial charge in [0.15, 0.2) is 0 Å². The van der Waals surface area contributed by atoms with Crippen molar-refractivity contribution in [3.8, 4) is 5.69 Å². The molecule has 2 rings (SSSR count). The van der Waals surface area contributed by atoms with Gasteiger partial charge in [-0.2, -0.15) is 0 Å².